The van der Waals surface area contributed by atoms with Gasteiger partial charge in [0.05, 0.1) is 4.90 Å². The van der Waals surface area contributed by atoms with Crippen LogP contribution in [0.2, 0.25) is 0 Å². The molecule has 0 aromatic heterocycles. The van der Waals surface area contributed by atoms with Gasteiger partial charge in [0.1, 0.15) is 5.82 Å². The average molecular weight is 434 g/mol. The normalized spacial score (nSPS) is 15.6. The van der Waals surface area contributed by atoms with E-state index in [4.69, 9.17) is 0 Å². The number of anilines is 1. The highest BCUT2D eigenvalue weighted by Crippen LogP contribution is 2.17. The molecule has 1 aliphatic rings. The Labute approximate surface area is 177 Å². The van der Waals surface area contributed by atoms with Gasteiger partial charge in [-0.05, 0) is 42.0 Å². The largest absolute Gasteiger partial charge is 0.368 e. The van der Waals surface area contributed by atoms with Gasteiger partial charge in [-0.1, -0.05) is 12.1 Å². The first-order valence-corrected chi connectivity index (χ1v) is 11.2. The Balaban J connectivity index is 1.55. The van der Waals surface area contributed by atoms with Gasteiger partial charge in [-0.25, -0.2) is 17.1 Å². The summed E-state index contributed by atoms with van der Waals surface area (Å²) < 4.78 is 38.7. The summed E-state index contributed by atoms with van der Waals surface area (Å²) in [7, 11) is 1.37. The molecular weight excluding hydrogens is 405 g/mol. The molecule has 0 atom stereocenters. The molecular formula is C21H28FN5O2S. The molecule has 3 rings (SSSR count). The Hall–Kier alpha value is -2.65. The van der Waals surface area contributed by atoms with E-state index in [9.17, 15) is 12.8 Å². The van der Waals surface area contributed by atoms with Gasteiger partial charge in [0.25, 0.3) is 0 Å². The van der Waals surface area contributed by atoms with Crippen molar-refractivity contribution in [1.29, 1.82) is 0 Å². The maximum Gasteiger partial charge on any atom is 0.242 e. The van der Waals surface area contributed by atoms with Crippen LogP contribution in [0.4, 0.5) is 10.1 Å². The lowest BCUT2D eigenvalue weighted by molar-refractivity contribution is 0.372. The third-order valence-corrected chi connectivity index (χ3v) is 6.96. The second-order valence-corrected chi connectivity index (χ2v) is 9.43. The van der Waals surface area contributed by atoms with E-state index in [0.29, 0.717) is 6.54 Å². The number of hydrogen-bond donors (Lipinski definition) is 1. The smallest absolute Gasteiger partial charge is 0.242 e. The molecule has 30 heavy (non-hydrogen) atoms. The zero-order valence-electron chi connectivity index (χ0n) is 17.5. The minimum Gasteiger partial charge on any atom is -0.368 e. The molecule has 2 aromatic rings. The van der Waals surface area contributed by atoms with Crippen LogP contribution in [0.3, 0.4) is 0 Å². The van der Waals surface area contributed by atoms with Crippen molar-refractivity contribution >= 4 is 21.7 Å². The van der Waals surface area contributed by atoms with Crippen LogP contribution in [-0.2, 0) is 16.6 Å². The van der Waals surface area contributed by atoms with Crippen LogP contribution in [0, 0.1) is 5.82 Å². The molecule has 0 radical (unpaired) electrons. The standard InChI is InChI=1S/C21H28FN5O2S/c1-23-21(24-16-17-4-10-20(11-5-17)30(28,29)25(2)3)27-14-12-26(13-15-27)19-8-6-18(22)7-9-19/h4-11H,12-16H2,1-3H3,(H,23,24). The molecule has 7 nitrogen and oxygen atoms in total. The van der Waals surface area contributed by atoms with Crippen molar-refractivity contribution in [3.63, 3.8) is 0 Å². The van der Waals surface area contributed by atoms with Gasteiger partial charge in [0.15, 0.2) is 5.96 Å². The maximum absolute atomic E-state index is 13.1. The van der Waals surface area contributed by atoms with Crippen molar-refractivity contribution in [1.82, 2.24) is 14.5 Å². The van der Waals surface area contributed by atoms with E-state index < -0.39 is 10.0 Å². The number of nitrogens with one attached hydrogen (secondary N) is 1. The lowest BCUT2D eigenvalue weighted by Crippen LogP contribution is -2.52. The van der Waals surface area contributed by atoms with Crippen LogP contribution in [0.15, 0.2) is 58.4 Å². The van der Waals surface area contributed by atoms with Crippen molar-refractivity contribution in [2.75, 3.05) is 52.2 Å². The lowest BCUT2D eigenvalue weighted by Gasteiger charge is -2.37. The SMILES string of the molecule is CN=C(NCc1ccc(S(=O)(=O)N(C)C)cc1)N1CCN(c2ccc(F)cc2)CC1. The number of aliphatic imine (C=N–C) groups is 1. The highest BCUT2D eigenvalue weighted by Gasteiger charge is 2.20. The molecule has 162 valence electrons. The summed E-state index contributed by atoms with van der Waals surface area (Å²) in [6, 6.07) is 13.4. The minimum absolute atomic E-state index is 0.227. The van der Waals surface area contributed by atoms with Crippen molar-refractivity contribution in [2.45, 2.75) is 11.4 Å². The van der Waals surface area contributed by atoms with Gasteiger partial charge >= 0.3 is 0 Å². The second-order valence-electron chi connectivity index (χ2n) is 7.28. The molecule has 0 unspecified atom stereocenters. The molecule has 0 saturated carbocycles. The summed E-state index contributed by atoms with van der Waals surface area (Å²) >= 11 is 0. The molecule has 0 bridgehead atoms. The predicted molar refractivity (Wildman–Crippen MR) is 118 cm³/mol. The summed E-state index contributed by atoms with van der Waals surface area (Å²) in [4.78, 5) is 9.07. The van der Waals surface area contributed by atoms with E-state index in [2.05, 4.69) is 20.1 Å². The fourth-order valence-electron chi connectivity index (χ4n) is 3.33. The molecule has 0 aliphatic carbocycles. The van der Waals surface area contributed by atoms with Gasteiger partial charge in [0, 0.05) is 59.6 Å². The van der Waals surface area contributed by atoms with Crippen LogP contribution in [0.25, 0.3) is 0 Å². The van der Waals surface area contributed by atoms with Crippen LogP contribution < -0.4 is 10.2 Å². The number of hydrogen-bond acceptors (Lipinski definition) is 4. The number of sulfonamides is 1. The number of rotatable bonds is 5. The van der Waals surface area contributed by atoms with Crippen LogP contribution >= 0.6 is 0 Å². The van der Waals surface area contributed by atoms with Gasteiger partial charge in [-0.3, -0.25) is 4.99 Å². The fraction of sp³-hybridized carbons (Fsp3) is 0.381. The Morgan fingerprint density at radius 2 is 1.63 bits per heavy atom. The molecule has 1 N–H and O–H groups in total. The number of nitrogens with zero attached hydrogens (tertiary/aromatic N) is 4. The predicted octanol–water partition coefficient (Wildman–Crippen LogP) is 1.97. The van der Waals surface area contributed by atoms with Crippen molar-refractivity contribution in [3.05, 3.63) is 59.9 Å². The molecule has 1 aliphatic heterocycles. The zero-order chi connectivity index (χ0) is 21.7. The first-order valence-electron chi connectivity index (χ1n) is 9.79. The maximum atomic E-state index is 13.1. The van der Waals surface area contributed by atoms with Gasteiger partial charge in [-0.15, -0.1) is 0 Å². The van der Waals surface area contributed by atoms with Crippen molar-refractivity contribution in [3.8, 4) is 0 Å². The Bertz CT molecular complexity index is 967. The third kappa shape index (κ3) is 5.09. The first kappa shape index (κ1) is 22.0. The molecule has 0 amide bonds. The minimum atomic E-state index is -3.42. The molecule has 1 saturated heterocycles. The van der Waals surface area contributed by atoms with E-state index in [0.717, 1.165) is 43.4 Å². The Morgan fingerprint density at radius 1 is 1.03 bits per heavy atom. The van der Waals surface area contributed by atoms with E-state index in [-0.39, 0.29) is 10.7 Å². The fourth-order valence-corrected chi connectivity index (χ4v) is 4.23. The van der Waals surface area contributed by atoms with Gasteiger partial charge < -0.3 is 15.1 Å². The van der Waals surface area contributed by atoms with Crippen LogP contribution in [0.5, 0.6) is 0 Å². The summed E-state index contributed by atoms with van der Waals surface area (Å²) in [6.45, 7) is 3.80. The van der Waals surface area contributed by atoms with E-state index in [1.165, 1.54) is 30.5 Å². The van der Waals surface area contributed by atoms with Crippen LogP contribution in [0.1, 0.15) is 5.56 Å². The quantitative estimate of drug-likeness (QED) is 0.577. The number of guanidine groups is 1. The van der Waals surface area contributed by atoms with E-state index in [1.807, 2.05) is 12.1 Å². The summed E-state index contributed by atoms with van der Waals surface area (Å²) in [5.74, 6) is 0.577. The highest BCUT2D eigenvalue weighted by molar-refractivity contribution is 7.89. The van der Waals surface area contributed by atoms with Gasteiger partial charge in [-0.2, -0.15) is 0 Å². The average Bonchev–Trinajstić information content (AvgIpc) is 2.75. The molecule has 9 heteroatoms. The summed E-state index contributed by atoms with van der Waals surface area (Å²) in [5, 5.41) is 3.35. The third-order valence-electron chi connectivity index (χ3n) is 5.14. The van der Waals surface area contributed by atoms with Crippen molar-refractivity contribution < 1.29 is 12.8 Å². The monoisotopic (exact) mass is 433 g/mol. The summed E-state index contributed by atoms with van der Waals surface area (Å²) in [6.07, 6.45) is 0. The Morgan fingerprint density at radius 3 is 2.17 bits per heavy atom. The Kier molecular flexibility index (Phi) is 6.94. The topological polar surface area (TPSA) is 68.2 Å². The first-order chi connectivity index (χ1) is 14.3. The highest BCUT2D eigenvalue weighted by atomic mass is 32.2. The molecule has 2 aromatic carbocycles. The van der Waals surface area contributed by atoms with Crippen LogP contribution in [-0.4, -0.2) is 70.9 Å². The lowest BCUT2D eigenvalue weighted by atomic mass is 10.2. The van der Waals surface area contributed by atoms with E-state index >= 15 is 0 Å². The summed E-state index contributed by atoms with van der Waals surface area (Å²) in [5.41, 5.74) is 1.99. The second kappa shape index (κ2) is 9.44. The van der Waals surface area contributed by atoms with Gasteiger partial charge in [0.2, 0.25) is 10.0 Å². The number of benzene rings is 2. The zero-order valence-corrected chi connectivity index (χ0v) is 18.4. The molecule has 1 heterocycles. The number of piperazine rings is 1. The molecule has 1 fully saturated rings. The molecule has 0 spiro atoms. The van der Waals surface area contributed by atoms with Crippen molar-refractivity contribution in [2.24, 2.45) is 4.99 Å². The number of halogens is 1. The van der Waals surface area contributed by atoms with E-state index in [1.54, 1.807) is 31.3 Å².